The van der Waals surface area contributed by atoms with Crippen molar-refractivity contribution in [2.24, 2.45) is 5.73 Å². The highest BCUT2D eigenvalue weighted by Gasteiger charge is 2.30. The Labute approximate surface area is 122 Å². The molecule has 3 N–H and O–H groups in total. The molecule has 1 aromatic rings. The Hall–Kier alpha value is -1.07. The van der Waals surface area contributed by atoms with E-state index < -0.39 is 0 Å². The number of amides is 2. The third-order valence-electron chi connectivity index (χ3n) is 3.26. The van der Waals surface area contributed by atoms with Gasteiger partial charge in [-0.3, -0.25) is 0 Å². The second-order valence-electron chi connectivity index (χ2n) is 5.74. The Morgan fingerprint density at radius 2 is 2.26 bits per heavy atom. The first kappa shape index (κ1) is 14.3. The highest BCUT2D eigenvalue weighted by molar-refractivity contribution is 9.10. The summed E-state index contributed by atoms with van der Waals surface area (Å²) in [6.07, 6.45) is 0.797. The number of benzene rings is 1. The average Bonchev–Trinajstić information content (AvgIpc) is 2.67. The maximum absolute atomic E-state index is 11.9. The minimum Gasteiger partial charge on any atom is -0.329 e. The topological polar surface area (TPSA) is 58.4 Å². The lowest BCUT2D eigenvalue weighted by Gasteiger charge is -2.22. The average molecular weight is 326 g/mol. The van der Waals surface area contributed by atoms with Crippen LogP contribution in [0.25, 0.3) is 0 Å². The first-order valence-electron chi connectivity index (χ1n) is 6.45. The maximum atomic E-state index is 11.9. The van der Waals surface area contributed by atoms with Crippen LogP contribution in [0.3, 0.4) is 0 Å². The smallest absolute Gasteiger partial charge is 0.318 e. The molecule has 104 valence electrons. The summed E-state index contributed by atoms with van der Waals surface area (Å²) in [6.45, 7) is 5.35. The number of rotatable bonds is 4. The van der Waals surface area contributed by atoms with Crippen LogP contribution in [0.1, 0.15) is 31.9 Å². The highest BCUT2D eigenvalue weighted by atomic mass is 79.9. The van der Waals surface area contributed by atoms with Crippen molar-refractivity contribution in [3.8, 4) is 0 Å². The fourth-order valence-corrected chi connectivity index (χ4v) is 2.53. The second-order valence-corrected chi connectivity index (χ2v) is 6.66. The van der Waals surface area contributed by atoms with Gasteiger partial charge < -0.3 is 16.0 Å². The molecular formula is C14H20BrN3O. The van der Waals surface area contributed by atoms with E-state index in [0.29, 0.717) is 13.1 Å². The number of urea groups is 1. The monoisotopic (exact) mass is 325 g/mol. The number of carbonyl (C=O) groups excluding carboxylic acids is 1. The zero-order valence-corrected chi connectivity index (χ0v) is 12.9. The zero-order valence-electron chi connectivity index (χ0n) is 11.3. The molecule has 0 aliphatic carbocycles. The van der Waals surface area contributed by atoms with E-state index in [-0.39, 0.29) is 17.6 Å². The van der Waals surface area contributed by atoms with Crippen LogP contribution < -0.4 is 11.1 Å². The van der Waals surface area contributed by atoms with Gasteiger partial charge in [0.1, 0.15) is 0 Å². The molecule has 1 aliphatic heterocycles. The number of hydrogen-bond donors (Lipinski definition) is 2. The summed E-state index contributed by atoms with van der Waals surface area (Å²) in [5, 5.41) is 3.01. The Morgan fingerprint density at radius 3 is 2.89 bits per heavy atom. The molecule has 1 aromatic carbocycles. The zero-order chi connectivity index (χ0) is 14.0. The summed E-state index contributed by atoms with van der Waals surface area (Å²) in [6, 6.07) is 8.10. The third kappa shape index (κ3) is 3.94. The van der Waals surface area contributed by atoms with Crippen LogP contribution in [0.15, 0.2) is 28.7 Å². The van der Waals surface area contributed by atoms with Gasteiger partial charge in [0.05, 0.1) is 6.04 Å². The molecule has 0 saturated carbocycles. The quantitative estimate of drug-likeness (QED) is 0.894. The minimum absolute atomic E-state index is 0.00535. The van der Waals surface area contributed by atoms with Crippen molar-refractivity contribution < 1.29 is 4.79 Å². The van der Waals surface area contributed by atoms with E-state index >= 15 is 0 Å². The molecule has 1 atom stereocenters. The highest BCUT2D eigenvalue weighted by Crippen LogP contribution is 2.23. The van der Waals surface area contributed by atoms with Crippen molar-refractivity contribution in [1.29, 1.82) is 0 Å². The number of nitrogens with one attached hydrogen (secondary N) is 1. The largest absolute Gasteiger partial charge is 0.329 e. The van der Waals surface area contributed by atoms with Gasteiger partial charge in [-0.25, -0.2) is 4.79 Å². The Bertz CT molecular complexity index is 470. The van der Waals surface area contributed by atoms with E-state index in [1.54, 1.807) is 0 Å². The van der Waals surface area contributed by atoms with Crippen molar-refractivity contribution >= 4 is 22.0 Å². The van der Waals surface area contributed by atoms with E-state index in [1.807, 2.05) is 43.0 Å². The van der Waals surface area contributed by atoms with Gasteiger partial charge in [-0.2, -0.15) is 0 Å². The van der Waals surface area contributed by atoms with Gasteiger partial charge in [0.2, 0.25) is 0 Å². The van der Waals surface area contributed by atoms with Crippen molar-refractivity contribution in [1.82, 2.24) is 10.2 Å². The van der Waals surface area contributed by atoms with Crippen LogP contribution in [-0.2, 0) is 0 Å². The SMILES string of the molecule is CC(C)(N)CCN1CC(c2cccc(Br)c2)NC1=O. The molecule has 2 amide bonds. The van der Waals surface area contributed by atoms with Gasteiger partial charge in [0.15, 0.2) is 0 Å². The Morgan fingerprint density at radius 1 is 1.53 bits per heavy atom. The molecule has 0 bridgehead atoms. The summed E-state index contributed by atoms with van der Waals surface area (Å²) in [5.74, 6) is 0. The molecule has 4 nitrogen and oxygen atoms in total. The predicted octanol–water partition coefficient (Wildman–Crippen LogP) is 2.64. The fraction of sp³-hybridized carbons (Fsp3) is 0.500. The van der Waals surface area contributed by atoms with Crippen molar-refractivity contribution in [2.45, 2.75) is 31.8 Å². The minimum atomic E-state index is -0.242. The van der Waals surface area contributed by atoms with Crippen LogP contribution >= 0.6 is 15.9 Å². The molecule has 0 radical (unpaired) electrons. The van der Waals surface area contributed by atoms with Crippen LogP contribution in [0.2, 0.25) is 0 Å². The van der Waals surface area contributed by atoms with Gasteiger partial charge >= 0.3 is 6.03 Å². The van der Waals surface area contributed by atoms with Crippen molar-refractivity contribution in [3.63, 3.8) is 0 Å². The summed E-state index contributed by atoms with van der Waals surface area (Å²) >= 11 is 3.45. The molecule has 1 fully saturated rings. The number of nitrogens with two attached hydrogens (primary N) is 1. The van der Waals surface area contributed by atoms with Crippen LogP contribution in [0.5, 0.6) is 0 Å². The molecule has 1 unspecified atom stereocenters. The molecular weight excluding hydrogens is 306 g/mol. The van der Waals surface area contributed by atoms with Crippen LogP contribution in [-0.4, -0.2) is 29.6 Å². The van der Waals surface area contributed by atoms with Gasteiger partial charge in [-0.15, -0.1) is 0 Å². The third-order valence-corrected chi connectivity index (χ3v) is 3.76. The lowest BCUT2D eigenvalue weighted by molar-refractivity contribution is 0.213. The summed E-state index contributed by atoms with van der Waals surface area (Å²) in [4.78, 5) is 13.8. The number of nitrogens with zero attached hydrogens (tertiary/aromatic N) is 1. The fourth-order valence-electron chi connectivity index (χ4n) is 2.12. The molecule has 0 spiro atoms. The molecule has 1 aliphatic rings. The van der Waals surface area contributed by atoms with E-state index in [9.17, 15) is 4.79 Å². The molecule has 5 heteroatoms. The Balaban J connectivity index is 1.99. The summed E-state index contributed by atoms with van der Waals surface area (Å²) in [7, 11) is 0. The molecule has 0 aromatic heterocycles. The molecule has 1 heterocycles. The number of carbonyl (C=O) groups is 1. The molecule has 2 rings (SSSR count). The standard InChI is InChI=1S/C14H20BrN3O/c1-14(2,16)6-7-18-9-12(17-13(18)19)10-4-3-5-11(15)8-10/h3-5,8,12H,6-7,9,16H2,1-2H3,(H,17,19). The van der Waals surface area contributed by atoms with E-state index in [0.717, 1.165) is 16.5 Å². The van der Waals surface area contributed by atoms with Gasteiger partial charge in [-0.05, 0) is 38.0 Å². The summed E-state index contributed by atoms with van der Waals surface area (Å²) in [5.41, 5.74) is 6.84. The second kappa shape index (κ2) is 5.51. The first-order chi connectivity index (χ1) is 8.85. The number of hydrogen-bond acceptors (Lipinski definition) is 2. The van der Waals surface area contributed by atoms with E-state index in [4.69, 9.17) is 5.73 Å². The van der Waals surface area contributed by atoms with Crippen molar-refractivity contribution in [3.05, 3.63) is 34.3 Å². The summed E-state index contributed by atoms with van der Waals surface area (Å²) < 4.78 is 1.03. The Kier molecular flexibility index (Phi) is 4.16. The van der Waals surface area contributed by atoms with Crippen molar-refractivity contribution in [2.75, 3.05) is 13.1 Å². The lowest BCUT2D eigenvalue weighted by atomic mass is 10.0. The van der Waals surface area contributed by atoms with Gasteiger partial charge in [-0.1, -0.05) is 28.1 Å². The van der Waals surface area contributed by atoms with E-state index in [1.165, 1.54) is 0 Å². The predicted molar refractivity (Wildman–Crippen MR) is 79.9 cm³/mol. The normalized spacial score (nSPS) is 19.7. The van der Waals surface area contributed by atoms with Crippen LogP contribution in [0, 0.1) is 0 Å². The lowest BCUT2D eigenvalue weighted by Crippen LogP contribution is -2.38. The maximum Gasteiger partial charge on any atom is 0.318 e. The van der Waals surface area contributed by atoms with Crippen LogP contribution in [0.4, 0.5) is 4.79 Å². The van der Waals surface area contributed by atoms with Gasteiger partial charge in [0, 0.05) is 23.1 Å². The van der Waals surface area contributed by atoms with Gasteiger partial charge in [0.25, 0.3) is 0 Å². The first-order valence-corrected chi connectivity index (χ1v) is 7.24. The number of halogens is 1. The van der Waals surface area contributed by atoms with E-state index in [2.05, 4.69) is 21.2 Å². The molecule has 19 heavy (non-hydrogen) atoms. The molecule has 1 saturated heterocycles.